The van der Waals surface area contributed by atoms with Crippen LogP contribution in [0.5, 0.6) is 0 Å². The first-order chi connectivity index (χ1) is 16.8. The maximum atomic E-state index is 13.7. The zero-order valence-electron chi connectivity index (χ0n) is 19.2. The van der Waals surface area contributed by atoms with Gasteiger partial charge in [0.2, 0.25) is 0 Å². The Hall–Kier alpha value is -3.32. The molecule has 7 heteroatoms. The van der Waals surface area contributed by atoms with Gasteiger partial charge in [0, 0.05) is 26.8 Å². The van der Waals surface area contributed by atoms with Crippen molar-refractivity contribution in [2.24, 2.45) is 0 Å². The van der Waals surface area contributed by atoms with E-state index in [9.17, 15) is 13.5 Å². The monoisotopic (exact) mass is 504 g/mol. The molecule has 5 aromatic rings. The second kappa shape index (κ2) is 9.38. The summed E-state index contributed by atoms with van der Waals surface area (Å²) in [5.74, 6) is 0. The molecule has 0 radical (unpaired) electrons. The molecule has 0 saturated heterocycles. The van der Waals surface area contributed by atoms with E-state index in [0.29, 0.717) is 10.7 Å². The van der Waals surface area contributed by atoms with E-state index in [2.05, 4.69) is 12.1 Å². The molecule has 0 aliphatic rings. The van der Waals surface area contributed by atoms with Crippen LogP contribution in [0.2, 0.25) is 5.02 Å². The van der Waals surface area contributed by atoms with Gasteiger partial charge in [-0.2, -0.15) is 0 Å². The topological polar surface area (TPSA) is 62.5 Å². The summed E-state index contributed by atoms with van der Waals surface area (Å²) in [6.07, 6.45) is -0.967. The predicted octanol–water partition coefficient (Wildman–Crippen LogP) is 6.01. The van der Waals surface area contributed by atoms with Gasteiger partial charge in [-0.3, -0.25) is 4.31 Å². The lowest BCUT2D eigenvalue weighted by atomic mass is 10.2. The van der Waals surface area contributed by atoms with E-state index in [1.165, 1.54) is 4.31 Å². The molecule has 1 N–H and O–H groups in total. The van der Waals surface area contributed by atoms with Crippen LogP contribution in [0.3, 0.4) is 0 Å². The molecule has 35 heavy (non-hydrogen) atoms. The number of nitrogens with zero attached hydrogens (tertiary/aromatic N) is 2. The summed E-state index contributed by atoms with van der Waals surface area (Å²) in [4.78, 5) is 0.169. The van der Waals surface area contributed by atoms with Crippen LogP contribution in [-0.2, 0) is 16.6 Å². The van der Waals surface area contributed by atoms with Gasteiger partial charge in [0.15, 0.2) is 0 Å². The molecule has 0 spiro atoms. The normalized spacial score (nSPS) is 12.8. The molecule has 1 heterocycles. The fourth-order valence-corrected chi connectivity index (χ4v) is 6.08. The van der Waals surface area contributed by atoms with Gasteiger partial charge >= 0.3 is 0 Å². The third kappa shape index (κ3) is 4.52. The predicted molar refractivity (Wildman–Crippen MR) is 143 cm³/mol. The Morgan fingerprint density at radius 2 is 1.37 bits per heavy atom. The minimum atomic E-state index is -3.92. The Kier molecular flexibility index (Phi) is 6.28. The van der Waals surface area contributed by atoms with Crippen LogP contribution in [0.15, 0.2) is 102 Å². The van der Waals surface area contributed by atoms with Crippen LogP contribution >= 0.6 is 11.6 Å². The van der Waals surface area contributed by atoms with Crippen molar-refractivity contribution in [2.75, 3.05) is 10.8 Å². The van der Waals surface area contributed by atoms with Crippen LogP contribution in [0.25, 0.3) is 21.8 Å². The van der Waals surface area contributed by atoms with Crippen molar-refractivity contribution in [3.63, 3.8) is 0 Å². The average Bonchev–Trinajstić information content (AvgIpc) is 3.17. The summed E-state index contributed by atoms with van der Waals surface area (Å²) in [6.45, 7) is 2.03. The highest BCUT2D eigenvalue weighted by Crippen LogP contribution is 2.30. The Morgan fingerprint density at radius 3 is 1.94 bits per heavy atom. The molecule has 5 nitrogen and oxygen atoms in total. The first-order valence-corrected chi connectivity index (χ1v) is 13.2. The number of halogens is 1. The number of sulfonamides is 1. The molecule has 5 rings (SSSR count). The van der Waals surface area contributed by atoms with Gasteiger partial charge < -0.3 is 9.67 Å². The van der Waals surface area contributed by atoms with Crippen molar-refractivity contribution in [3.05, 3.63) is 108 Å². The van der Waals surface area contributed by atoms with Gasteiger partial charge in [-0.1, -0.05) is 65.7 Å². The van der Waals surface area contributed by atoms with Gasteiger partial charge in [-0.15, -0.1) is 0 Å². The summed E-state index contributed by atoms with van der Waals surface area (Å²) >= 11 is 6.06. The molecule has 0 aliphatic heterocycles. The molecular weight excluding hydrogens is 480 g/mol. The molecule has 0 fully saturated rings. The van der Waals surface area contributed by atoms with E-state index in [4.69, 9.17) is 11.6 Å². The van der Waals surface area contributed by atoms with Gasteiger partial charge in [0.1, 0.15) is 0 Å². The average molecular weight is 505 g/mol. The number of benzene rings is 4. The van der Waals surface area contributed by atoms with Crippen molar-refractivity contribution < 1.29 is 13.5 Å². The molecule has 0 amide bonds. The number of aliphatic hydroxyl groups excluding tert-OH is 1. The van der Waals surface area contributed by atoms with Crippen LogP contribution in [0.1, 0.15) is 5.56 Å². The molecule has 1 atom stereocenters. The number of anilines is 1. The maximum Gasteiger partial charge on any atom is 0.264 e. The Labute approximate surface area is 209 Å². The smallest absolute Gasteiger partial charge is 0.264 e. The first-order valence-electron chi connectivity index (χ1n) is 11.3. The third-order valence-electron chi connectivity index (χ3n) is 6.17. The quantitative estimate of drug-likeness (QED) is 0.295. The van der Waals surface area contributed by atoms with Gasteiger partial charge in [-0.25, -0.2) is 8.42 Å². The summed E-state index contributed by atoms with van der Waals surface area (Å²) in [5.41, 5.74) is 3.39. The van der Waals surface area contributed by atoms with Crippen molar-refractivity contribution in [2.45, 2.75) is 24.5 Å². The molecular formula is C28H25ClN2O3S. The van der Waals surface area contributed by atoms with Crippen molar-refractivity contribution in [1.29, 1.82) is 0 Å². The Morgan fingerprint density at radius 1 is 0.829 bits per heavy atom. The van der Waals surface area contributed by atoms with E-state index >= 15 is 0 Å². The lowest BCUT2D eigenvalue weighted by Crippen LogP contribution is -2.39. The summed E-state index contributed by atoms with van der Waals surface area (Å²) in [5, 5.41) is 13.9. The summed E-state index contributed by atoms with van der Waals surface area (Å²) in [6, 6.07) is 29.4. The number of hydrogen-bond acceptors (Lipinski definition) is 3. The Bertz CT molecular complexity index is 1540. The van der Waals surface area contributed by atoms with Gasteiger partial charge in [0.25, 0.3) is 10.0 Å². The summed E-state index contributed by atoms with van der Waals surface area (Å²) in [7, 11) is -3.92. The fourth-order valence-electron chi connectivity index (χ4n) is 4.45. The van der Waals surface area contributed by atoms with E-state index in [1.807, 2.05) is 47.9 Å². The highest BCUT2D eigenvalue weighted by Gasteiger charge is 2.28. The van der Waals surface area contributed by atoms with E-state index in [1.54, 1.807) is 48.5 Å². The highest BCUT2D eigenvalue weighted by atomic mass is 35.5. The van der Waals surface area contributed by atoms with Crippen LogP contribution in [-0.4, -0.2) is 30.7 Å². The van der Waals surface area contributed by atoms with E-state index in [-0.39, 0.29) is 18.0 Å². The second-order valence-electron chi connectivity index (χ2n) is 8.62. The number of aliphatic hydroxyl groups is 1. The maximum absolute atomic E-state index is 13.7. The van der Waals surface area contributed by atoms with Gasteiger partial charge in [-0.05, 0) is 55.5 Å². The summed E-state index contributed by atoms with van der Waals surface area (Å²) < 4.78 is 30.6. The number of hydrogen-bond donors (Lipinski definition) is 1. The molecule has 4 aromatic carbocycles. The zero-order chi connectivity index (χ0) is 24.6. The van der Waals surface area contributed by atoms with Crippen LogP contribution in [0, 0.1) is 6.92 Å². The minimum absolute atomic E-state index is 0.112. The number of rotatable bonds is 7. The third-order valence-corrected chi connectivity index (χ3v) is 8.23. The second-order valence-corrected chi connectivity index (χ2v) is 10.9. The van der Waals surface area contributed by atoms with Crippen molar-refractivity contribution >= 4 is 49.1 Å². The molecule has 0 unspecified atom stereocenters. The number of para-hydroxylation sites is 2. The largest absolute Gasteiger partial charge is 0.389 e. The molecule has 178 valence electrons. The van der Waals surface area contributed by atoms with Crippen LogP contribution in [0.4, 0.5) is 5.69 Å². The number of aryl methyl sites for hydroxylation is 1. The zero-order valence-corrected chi connectivity index (χ0v) is 20.7. The number of fused-ring (bicyclic) bond motifs is 3. The lowest BCUT2D eigenvalue weighted by Gasteiger charge is -2.27. The fraction of sp³-hybridized carbons (Fsp3) is 0.143. The van der Waals surface area contributed by atoms with E-state index < -0.39 is 16.1 Å². The van der Waals surface area contributed by atoms with Crippen molar-refractivity contribution in [3.8, 4) is 0 Å². The minimum Gasteiger partial charge on any atom is -0.389 e. The molecule has 1 aromatic heterocycles. The highest BCUT2D eigenvalue weighted by molar-refractivity contribution is 7.92. The SMILES string of the molecule is Cc1ccc(S(=O)(=O)N(C[C@H](O)Cn2c3ccccc3c3ccccc32)c2ccc(Cl)cc2)cc1. The van der Waals surface area contributed by atoms with E-state index in [0.717, 1.165) is 27.4 Å². The number of aromatic nitrogens is 1. The first kappa shape index (κ1) is 23.4. The van der Waals surface area contributed by atoms with Crippen LogP contribution < -0.4 is 4.31 Å². The lowest BCUT2D eigenvalue weighted by molar-refractivity contribution is 0.166. The Balaban J connectivity index is 1.53. The molecule has 0 aliphatic carbocycles. The van der Waals surface area contributed by atoms with Gasteiger partial charge in [0.05, 0.1) is 29.8 Å². The molecule has 0 bridgehead atoms. The van der Waals surface area contributed by atoms with Crippen molar-refractivity contribution in [1.82, 2.24) is 4.57 Å². The molecule has 0 saturated carbocycles. The standard InChI is InChI=1S/C28H25ClN2O3S/c1-20-10-16-24(17-11-20)35(33,34)31(22-14-12-21(29)13-15-22)19-23(32)18-30-27-8-4-2-6-25(27)26-7-3-5-9-28(26)30/h2-17,23,32H,18-19H2,1H3/t23-/m1/s1.